The molecule has 1 N–H and O–H groups in total. The second-order valence-corrected chi connectivity index (χ2v) is 18.0. The first-order valence-electron chi connectivity index (χ1n) is 21.2. The normalized spacial score (nSPS) is 21.9. The van der Waals surface area contributed by atoms with E-state index in [1.54, 1.807) is 7.11 Å². The minimum atomic E-state index is -0.250. The number of allylic oxidation sites excluding steroid dienone is 2. The summed E-state index contributed by atoms with van der Waals surface area (Å²) in [6.45, 7) is 21.7. The van der Waals surface area contributed by atoms with Crippen molar-refractivity contribution in [2.45, 2.75) is 150 Å². The van der Waals surface area contributed by atoms with Gasteiger partial charge in [0.25, 0.3) is 6.47 Å². The summed E-state index contributed by atoms with van der Waals surface area (Å²) in [5.74, 6) is 2.79. The number of rotatable bonds is 13. The molecular weight excluding hydrogens is 702 g/mol. The number of piperidine rings is 1. The topological polar surface area (TPSA) is 91.7 Å². The summed E-state index contributed by atoms with van der Waals surface area (Å²) >= 11 is 0. The Kier molecular flexibility index (Phi) is 17.0. The van der Waals surface area contributed by atoms with Gasteiger partial charge in [-0.1, -0.05) is 97.6 Å². The third-order valence-corrected chi connectivity index (χ3v) is 13.1. The molecule has 0 radical (unpaired) electrons. The number of aromatic nitrogens is 3. The fraction of sp³-hybridized carbons (Fsp3) is 0.652. The number of hydrogen-bond acceptors (Lipinski definition) is 7. The zero-order chi connectivity index (χ0) is 40.2. The zero-order valence-corrected chi connectivity index (χ0v) is 36.8. The van der Waals surface area contributed by atoms with Crippen LogP contribution in [0.1, 0.15) is 144 Å². The summed E-state index contributed by atoms with van der Waals surface area (Å²) in [5.41, 5.74) is 6.28. The number of benzene rings is 1. The van der Waals surface area contributed by atoms with Crippen LogP contribution in [0.15, 0.2) is 36.5 Å². The Labute approximate surface area is 335 Å². The van der Waals surface area contributed by atoms with Gasteiger partial charge >= 0.3 is 6.01 Å². The molecule has 0 amide bonds. The largest absolute Gasteiger partial charge is 0.483 e. The maximum atomic E-state index is 8.36. The average Bonchev–Trinajstić information content (AvgIpc) is 3.70. The Hall–Kier alpha value is -3.09. The lowest BCUT2D eigenvalue weighted by Gasteiger charge is -2.39. The van der Waals surface area contributed by atoms with Gasteiger partial charge in [-0.2, -0.15) is 9.97 Å². The van der Waals surface area contributed by atoms with Gasteiger partial charge in [-0.15, -0.1) is 9.24 Å². The van der Waals surface area contributed by atoms with E-state index in [1.807, 2.05) is 6.20 Å². The molecule has 55 heavy (non-hydrogen) atoms. The molecule has 304 valence electrons. The van der Waals surface area contributed by atoms with Crippen LogP contribution in [0.5, 0.6) is 6.01 Å². The lowest BCUT2D eigenvalue weighted by Crippen LogP contribution is -2.40. The molecule has 9 heteroatoms. The van der Waals surface area contributed by atoms with Crippen molar-refractivity contribution in [3.63, 3.8) is 0 Å². The highest BCUT2D eigenvalue weighted by Crippen LogP contribution is 2.43. The smallest absolute Gasteiger partial charge is 0.318 e. The highest BCUT2D eigenvalue weighted by molar-refractivity contribution is 7.28. The molecule has 5 heterocycles. The molecule has 3 fully saturated rings. The van der Waals surface area contributed by atoms with Gasteiger partial charge in [-0.05, 0) is 107 Å². The summed E-state index contributed by atoms with van der Waals surface area (Å²) in [6, 6.07) is 9.78. The maximum absolute atomic E-state index is 8.36. The van der Waals surface area contributed by atoms with Gasteiger partial charge in [0, 0.05) is 41.7 Å². The first-order chi connectivity index (χ1) is 26.3. The van der Waals surface area contributed by atoms with Crippen LogP contribution in [0, 0.1) is 17.3 Å². The second-order valence-electron chi connectivity index (χ2n) is 17.5. The molecule has 2 aromatic heterocycles. The number of pyridine rings is 1. The van der Waals surface area contributed by atoms with Gasteiger partial charge in [-0.3, -0.25) is 14.7 Å². The van der Waals surface area contributed by atoms with Crippen LogP contribution in [0.3, 0.4) is 0 Å². The molecule has 8 nitrogen and oxygen atoms in total. The van der Waals surface area contributed by atoms with Gasteiger partial charge in [0.15, 0.2) is 0 Å². The van der Waals surface area contributed by atoms with E-state index in [0.29, 0.717) is 11.5 Å². The Morgan fingerprint density at radius 2 is 1.71 bits per heavy atom. The van der Waals surface area contributed by atoms with Gasteiger partial charge in [0.2, 0.25) is 0 Å². The molecular formula is C46H72N5O3P. The minimum absolute atomic E-state index is 0.250. The number of carboxylic acid groups (broad SMARTS) is 1. The van der Waals surface area contributed by atoms with Gasteiger partial charge in [0.05, 0.1) is 23.7 Å². The van der Waals surface area contributed by atoms with Crippen LogP contribution < -0.4 is 14.9 Å². The van der Waals surface area contributed by atoms with Crippen molar-refractivity contribution in [2.24, 2.45) is 17.3 Å². The molecule has 3 aliphatic heterocycles. The molecule has 0 saturated carbocycles. The van der Waals surface area contributed by atoms with Crippen molar-refractivity contribution >= 4 is 43.3 Å². The lowest BCUT2D eigenvalue weighted by molar-refractivity contribution is -0.122. The molecule has 0 aliphatic carbocycles. The number of fused-ring (bicyclic) bond motifs is 2. The van der Waals surface area contributed by atoms with Crippen molar-refractivity contribution in [1.29, 1.82) is 0 Å². The summed E-state index contributed by atoms with van der Waals surface area (Å²) in [7, 11) is 4.51. The Morgan fingerprint density at radius 3 is 2.36 bits per heavy atom. The second kappa shape index (κ2) is 20.9. The van der Waals surface area contributed by atoms with Crippen molar-refractivity contribution < 1.29 is 14.6 Å². The predicted octanol–water partition coefficient (Wildman–Crippen LogP) is 11.0. The Morgan fingerprint density at radius 1 is 1.02 bits per heavy atom. The first kappa shape index (κ1) is 44.6. The molecule has 5 atom stereocenters. The summed E-state index contributed by atoms with van der Waals surface area (Å²) in [4.78, 5) is 28.0. The van der Waals surface area contributed by atoms with E-state index in [-0.39, 0.29) is 11.9 Å². The van der Waals surface area contributed by atoms with E-state index >= 15 is 0 Å². The van der Waals surface area contributed by atoms with Crippen LogP contribution >= 0.6 is 9.24 Å². The van der Waals surface area contributed by atoms with Gasteiger partial charge < -0.3 is 14.7 Å². The first-order valence-corrected chi connectivity index (χ1v) is 21.8. The lowest BCUT2D eigenvalue weighted by atomic mass is 9.84. The molecule has 1 aromatic carbocycles. The quantitative estimate of drug-likeness (QED) is 0.136. The van der Waals surface area contributed by atoms with Gasteiger partial charge in [-0.25, -0.2) is 0 Å². The third kappa shape index (κ3) is 11.5. The van der Waals surface area contributed by atoms with Crippen molar-refractivity contribution in [1.82, 2.24) is 19.9 Å². The number of methoxy groups -OCH3 is 1. The minimum Gasteiger partial charge on any atom is -0.483 e. The summed E-state index contributed by atoms with van der Waals surface area (Å²) in [5, 5.41) is 8.83. The summed E-state index contributed by atoms with van der Waals surface area (Å²) in [6.07, 6.45) is 21.9. The molecule has 3 aliphatic rings. The van der Waals surface area contributed by atoms with E-state index in [2.05, 4.69) is 105 Å². The summed E-state index contributed by atoms with van der Waals surface area (Å²) < 4.78 is 5.52. The van der Waals surface area contributed by atoms with E-state index in [4.69, 9.17) is 29.6 Å². The van der Waals surface area contributed by atoms with Gasteiger partial charge in [0.1, 0.15) is 5.82 Å². The SMILES string of the molecule is C/C=C(\CC)c1ccccc1-c1ncc2c(N3CCCC(C)(C)C3)nc(OC)nc2c1P.CCCC(C)CCC(C)CCC1CC[C@]2(C)CCCN12.O=CO. The predicted molar refractivity (Wildman–Crippen MR) is 236 cm³/mol. The maximum Gasteiger partial charge on any atom is 0.318 e. The molecule has 3 saturated heterocycles. The van der Waals surface area contributed by atoms with Crippen molar-refractivity contribution in [3.05, 3.63) is 42.1 Å². The number of carbonyl (C=O) groups is 1. The Bertz CT molecular complexity index is 1710. The third-order valence-electron chi connectivity index (χ3n) is 12.6. The fourth-order valence-electron chi connectivity index (χ4n) is 9.44. The van der Waals surface area contributed by atoms with Crippen molar-refractivity contribution in [3.8, 4) is 17.3 Å². The monoisotopic (exact) mass is 774 g/mol. The van der Waals surface area contributed by atoms with Crippen LogP contribution in [0.4, 0.5) is 5.82 Å². The number of ether oxygens (including phenoxy) is 1. The molecule has 6 rings (SSSR count). The van der Waals surface area contributed by atoms with E-state index in [9.17, 15) is 0 Å². The number of anilines is 1. The number of nitrogens with zero attached hydrogens (tertiary/aromatic N) is 5. The molecule has 3 aromatic rings. The van der Waals surface area contributed by atoms with Crippen LogP contribution in [-0.4, -0.2) is 69.8 Å². The Balaban J connectivity index is 0.000000251. The van der Waals surface area contributed by atoms with E-state index < -0.39 is 0 Å². The number of hydrogen-bond donors (Lipinski definition) is 1. The molecule has 0 bridgehead atoms. The standard InChI is InChI=1S/C26H33N4OP.C19H37N.CH2O2/c1-6-17(7-2)18-11-8-9-12-19(18)21-23(32)22-20(15-27-21)24(29-25(28-22)31-5)30-14-10-13-26(3,4)16-30;1-5-7-16(2)8-9-17(3)10-11-18-12-14-19(4)13-6-15-20(18)19;2-1-3/h6,8-9,11-12,15H,7,10,13-14,16,32H2,1-5H3;16-18H,5-15H2,1-4H3;1H,(H,2,3)/b17-6+;;/t;16?,17?,18?,19-;/m.0./s1. The van der Waals surface area contributed by atoms with Crippen LogP contribution in [-0.2, 0) is 4.79 Å². The average molecular weight is 774 g/mol. The van der Waals surface area contributed by atoms with Crippen LogP contribution in [0.2, 0.25) is 0 Å². The van der Waals surface area contributed by atoms with E-state index in [0.717, 1.165) is 77.1 Å². The molecule has 0 spiro atoms. The highest BCUT2D eigenvalue weighted by Gasteiger charge is 2.45. The van der Waals surface area contributed by atoms with Crippen LogP contribution in [0.25, 0.3) is 27.7 Å². The fourth-order valence-corrected chi connectivity index (χ4v) is 9.89. The van der Waals surface area contributed by atoms with Crippen molar-refractivity contribution in [2.75, 3.05) is 31.6 Å². The molecule has 4 unspecified atom stereocenters. The zero-order valence-electron chi connectivity index (χ0n) is 35.7. The van der Waals surface area contributed by atoms with E-state index in [1.165, 1.54) is 88.3 Å². The highest BCUT2D eigenvalue weighted by atomic mass is 31.0.